The molecule has 102 valence electrons. The van der Waals surface area contributed by atoms with E-state index in [0.717, 1.165) is 17.9 Å². The number of hydrogen-bond acceptors (Lipinski definition) is 1. The molecule has 0 amide bonds. The molecule has 1 N–H and O–H groups in total. The summed E-state index contributed by atoms with van der Waals surface area (Å²) in [6.07, 6.45) is 11.2. The Kier molecular flexibility index (Phi) is 7.18. The molecule has 1 rings (SSSR count). The zero-order chi connectivity index (χ0) is 12.7. The van der Waals surface area contributed by atoms with Crippen molar-refractivity contribution >= 4 is 0 Å². The summed E-state index contributed by atoms with van der Waals surface area (Å²) in [6.45, 7) is 9.39. The van der Waals surface area contributed by atoms with Crippen molar-refractivity contribution in [1.82, 2.24) is 5.32 Å². The molecule has 1 aliphatic rings. The molecule has 0 aromatic rings. The van der Waals surface area contributed by atoms with E-state index in [0.29, 0.717) is 6.04 Å². The van der Waals surface area contributed by atoms with Crippen LogP contribution in [0.3, 0.4) is 0 Å². The van der Waals surface area contributed by atoms with Crippen LogP contribution in [0, 0.1) is 11.8 Å². The first-order valence-corrected chi connectivity index (χ1v) is 7.97. The van der Waals surface area contributed by atoms with E-state index in [2.05, 4.69) is 33.0 Å². The third-order valence-corrected chi connectivity index (χ3v) is 4.92. The molecule has 1 aliphatic carbocycles. The average Bonchev–Trinajstić information content (AvgIpc) is 2.56. The van der Waals surface area contributed by atoms with Gasteiger partial charge in [0.2, 0.25) is 0 Å². The van der Waals surface area contributed by atoms with Gasteiger partial charge in [0.15, 0.2) is 0 Å². The van der Waals surface area contributed by atoms with Crippen LogP contribution in [0.15, 0.2) is 0 Å². The first-order valence-electron chi connectivity index (χ1n) is 7.97. The van der Waals surface area contributed by atoms with E-state index in [-0.39, 0.29) is 0 Å². The highest BCUT2D eigenvalue weighted by molar-refractivity contribution is 4.79. The van der Waals surface area contributed by atoms with Crippen LogP contribution in [0.1, 0.15) is 79.1 Å². The molecular formula is C16H33N. The average molecular weight is 239 g/mol. The van der Waals surface area contributed by atoms with Gasteiger partial charge in [0, 0.05) is 12.1 Å². The molecule has 0 radical (unpaired) electrons. The maximum Gasteiger partial charge on any atom is 0.00697 e. The predicted octanol–water partition coefficient (Wildman–Crippen LogP) is 4.76. The SMILES string of the molecule is CCC1CCCC(NC(C)C(CC)CC)CC1. The Morgan fingerprint density at radius 2 is 1.71 bits per heavy atom. The lowest BCUT2D eigenvalue weighted by atomic mass is 9.94. The Bertz CT molecular complexity index is 186. The zero-order valence-corrected chi connectivity index (χ0v) is 12.5. The number of hydrogen-bond donors (Lipinski definition) is 1. The van der Waals surface area contributed by atoms with Gasteiger partial charge in [-0.1, -0.05) is 52.9 Å². The second kappa shape index (κ2) is 8.13. The van der Waals surface area contributed by atoms with Gasteiger partial charge in [-0.15, -0.1) is 0 Å². The summed E-state index contributed by atoms with van der Waals surface area (Å²) in [5, 5.41) is 3.91. The summed E-state index contributed by atoms with van der Waals surface area (Å²) >= 11 is 0. The van der Waals surface area contributed by atoms with Gasteiger partial charge in [0.25, 0.3) is 0 Å². The minimum Gasteiger partial charge on any atom is -0.311 e. The minimum absolute atomic E-state index is 0.702. The maximum atomic E-state index is 3.91. The monoisotopic (exact) mass is 239 g/mol. The summed E-state index contributed by atoms with van der Waals surface area (Å²) in [6, 6.07) is 1.50. The van der Waals surface area contributed by atoms with Gasteiger partial charge in [0.05, 0.1) is 0 Å². The third kappa shape index (κ3) is 4.99. The molecule has 1 saturated carbocycles. The van der Waals surface area contributed by atoms with E-state index in [1.807, 2.05) is 0 Å². The van der Waals surface area contributed by atoms with E-state index in [4.69, 9.17) is 0 Å². The van der Waals surface area contributed by atoms with E-state index < -0.39 is 0 Å². The second-order valence-corrected chi connectivity index (χ2v) is 6.01. The van der Waals surface area contributed by atoms with Crippen LogP contribution in [0.4, 0.5) is 0 Å². The van der Waals surface area contributed by atoms with Crippen molar-refractivity contribution < 1.29 is 0 Å². The van der Waals surface area contributed by atoms with E-state index >= 15 is 0 Å². The molecule has 1 fully saturated rings. The molecule has 0 aromatic heterocycles. The standard InChI is InChI=1S/C16H33N/c1-5-14-9-8-10-16(12-11-14)17-13(4)15(6-2)7-3/h13-17H,5-12H2,1-4H3. The molecule has 0 aromatic carbocycles. The van der Waals surface area contributed by atoms with Gasteiger partial charge in [-0.25, -0.2) is 0 Å². The molecule has 0 aliphatic heterocycles. The fraction of sp³-hybridized carbons (Fsp3) is 1.00. The van der Waals surface area contributed by atoms with Crippen molar-refractivity contribution in [3.8, 4) is 0 Å². The highest BCUT2D eigenvalue weighted by Gasteiger charge is 2.21. The van der Waals surface area contributed by atoms with Crippen molar-refractivity contribution in [3.63, 3.8) is 0 Å². The van der Waals surface area contributed by atoms with Crippen LogP contribution < -0.4 is 5.32 Å². The van der Waals surface area contributed by atoms with Gasteiger partial charge in [-0.3, -0.25) is 0 Å². The zero-order valence-electron chi connectivity index (χ0n) is 12.5. The van der Waals surface area contributed by atoms with Crippen LogP contribution in [-0.2, 0) is 0 Å². The minimum atomic E-state index is 0.702. The molecule has 17 heavy (non-hydrogen) atoms. The summed E-state index contributed by atoms with van der Waals surface area (Å²) in [7, 11) is 0. The molecule has 1 nitrogen and oxygen atoms in total. The van der Waals surface area contributed by atoms with Gasteiger partial charge in [-0.05, 0) is 38.0 Å². The van der Waals surface area contributed by atoms with Crippen LogP contribution >= 0.6 is 0 Å². The Balaban J connectivity index is 2.35. The van der Waals surface area contributed by atoms with Crippen molar-refractivity contribution in [1.29, 1.82) is 0 Å². The predicted molar refractivity (Wildman–Crippen MR) is 77.3 cm³/mol. The lowest BCUT2D eigenvalue weighted by Crippen LogP contribution is -2.40. The van der Waals surface area contributed by atoms with E-state index in [9.17, 15) is 0 Å². The Morgan fingerprint density at radius 3 is 2.29 bits per heavy atom. The highest BCUT2D eigenvalue weighted by Crippen LogP contribution is 2.26. The molecule has 3 unspecified atom stereocenters. The van der Waals surface area contributed by atoms with Crippen LogP contribution in [0.5, 0.6) is 0 Å². The molecule has 0 saturated heterocycles. The van der Waals surface area contributed by atoms with E-state index in [1.165, 1.54) is 51.4 Å². The van der Waals surface area contributed by atoms with Crippen molar-refractivity contribution in [2.24, 2.45) is 11.8 Å². The van der Waals surface area contributed by atoms with Crippen molar-refractivity contribution in [2.45, 2.75) is 91.1 Å². The highest BCUT2D eigenvalue weighted by atomic mass is 14.9. The number of nitrogens with one attached hydrogen (secondary N) is 1. The summed E-state index contributed by atoms with van der Waals surface area (Å²) in [4.78, 5) is 0. The Hall–Kier alpha value is -0.0400. The fourth-order valence-corrected chi connectivity index (χ4v) is 3.46. The van der Waals surface area contributed by atoms with Gasteiger partial charge in [-0.2, -0.15) is 0 Å². The number of rotatable bonds is 6. The molecule has 3 atom stereocenters. The van der Waals surface area contributed by atoms with Crippen LogP contribution in [0.25, 0.3) is 0 Å². The van der Waals surface area contributed by atoms with Gasteiger partial charge >= 0.3 is 0 Å². The third-order valence-electron chi connectivity index (χ3n) is 4.92. The Morgan fingerprint density at radius 1 is 1.00 bits per heavy atom. The molecule has 0 bridgehead atoms. The van der Waals surface area contributed by atoms with Crippen LogP contribution in [-0.4, -0.2) is 12.1 Å². The molecular weight excluding hydrogens is 206 g/mol. The van der Waals surface area contributed by atoms with Gasteiger partial charge in [0.1, 0.15) is 0 Å². The summed E-state index contributed by atoms with van der Waals surface area (Å²) < 4.78 is 0. The lowest BCUT2D eigenvalue weighted by molar-refractivity contribution is 0.304. The normalized spacial score (nSPS) is 28.1. The van der Waals surface area contributed by atoms with Crippen LogP contribution in [0.2, 0.25) is 0 Å². The maximum absolute atomic E-state index is 3.91. The molecule has 1 heteroatoms. The summed E-state index contributed by atoms with van der Waals surface area (Å²) in [5.41, 5.74) is 0. The van der Waals surface area contributed by atoms with Crippen molar-refractivity contribution in [2.75, 3.05) is 0 Å². The molecule has 0 heterocycles. The first kappa shape index (κ1) is 15.0. The van der Waals surface area contributed by atoms with Crippen molar-refractivity contribution in [3.05, 3.63) is 0 Å². The molecule has 0 spiro atoms. The quantitative estimate of drug-likeness (QED) is 0.659. The lowest BCUT2D eigenvalue weighted by Gasteiger charge is -2.27. The van der Waals surface area contributed by atoms with E-state index in [1.54, 1.807) is 0 Å². The van der Waals surface area contributed by atoms with Gasteiger partial charge < -0.3 is 5.32 Å². The summed E-state index contributed by atoms with van der Waals surface area (Å²) in [5.74, 6) is 1.87. The fourth-order valence-electron chi connectivity index (χ4n) is 3.46. The largest absolute Gasteiger partial charge is 0.311 e. The Labute approximate surface area is 109 Å². The topological polar surface area (TPSA) is 12.0 Å². The first-order chi connectivity index (χ1) is 8.21. The second-order valence-electron chi connectivity index (χ2n) is 6.01. The smallest absolute Gasteiger partial charge is 0.00697 e.